The van der Waals surface area contributed by atoms with Crippen LogP contribution >= 0.6 is 11.3 Å². The van der Waals surface area contributed by atoms with E-state index < -0.39 is 5.91 Å². The Morgan fingerprint density at radius 2 is 2.10 bits per heavy atom. The summed E-state index contributed by atoms with van der Waals surface area (Å²) in [7, 11) is 1.60. The van der Waals surface area contributed by atoms with Crippen LogP contribution < -0.4 is 21.1 Å². The molecular weight excluding hydrogens is 290 g/mol. The Labute approximate surface area is 126 Å². The molecule has 0 spiro atoms. The molecular formula is C14H17N3O3S. The maximum absolute atomic E-state index is 11.5. The number of thiophene rings is 1. The molecule has 0 atom stereocenters. The average Bonchev–Trinajstić information content (AvgIpc) is 2.85. The Morgan fingerprint density at radius 3 is 2.71 bits per heavy atom. The van der Waals surface area contributed by atoms with E-state index >= 15 is 0 Å². The molecule has 0 bridgehead atoms. The number of amides is 1. The number of fused-ring (bicyclic) bond motifs is 1. The third kappa shape index (κ3) is 2.38. The predicted molar refractivity (Wildman–Crippen MR) is 84.3 cm³/mol. The minimum Gasteiger partial charge on any atom is -0.496 e. The summed E-state index contributed by atoms with van der Waals surface area (Å²) in [6, 6.07) is 3.97. The minimum atomic E-state index is -0.510. The number of hydrogen-bond acceptors (Lipinski definition) is 6. The van der Waals surface area contributed by atoms with Crippen molar-refractivity contribution in [2.24, 2.45) is 5.73 Å². The second-order valence-electron chi connectivity index (χ2n) is 4.83. The first-order chi connectivity index (χ1) is 10.1. The Balaban J connectivity index is 2.14. The normalized spacial score (nSPS) is 15.4. The predicted octanol–water partition coefficient (Wildman–Crippen LogP) is 1.43. The SMILES string of the molecule is COc1cc(N2CCOCC2)cc2sc(C(N)=O)c(N)c12. The zero-order valence-electron chi connectivity index (χ0n) is 11.7. The molecule has 0 unspecified atom stereocenters. The molecule has 112 valence electrons. The number of benzene rings is 1. The van der Waals surface area contributed by atoms with Crippen molar-refractivity contribution in [2.45, 2.75) is 0 Å². The first-order valence-corrected chi connectivity index (χ1v) is 7.46. The van der Waals surface area contributed by atoms with E-state index in [1.807, 2.05) is 12.1 Å². The van der Waals surface area contributed by atoms with E-state index in [0.29, 0.717) is 29.5 Å². The third-order valence-corrected chi connectivity index (χ3v) is 4.76. The second-order valence-corrected chi connectivity index (χ2v) is 5.88. The highest BCUT2D eigenvalue weighted by Gasteiger charge is 2.20. The van der Waals surface area contributed by atoms with Gasteiger partial charge >= 0.3 is 0 Å². The fourth-order valence-corrected chi connectivity index (χ4v) is 3.57. The van der Waals surface area contributed by atoms with Crippen LogP contribution in [0.1, 0.15) is 9.67 Å². The monoisotopic (exact) mass is 307 g/mol. The van der Waals surface area contributed by atoms with Crippen LogP contribution in [-0.4, -0.2) is 39.3 Å². The molecule has 2 aromatic rings. The molecule has 1 aromatic carbocycles. The molecule has 1 aliphatic heterocycles. The van der Waals surface area contributed by atoms with Crippen molar-refractivity contribution < 1.29 is 14.3 Å². The van der Waals surface area contributed by atoms with E-state index in [1.165, 1.54) is 11.3 Å². The van der Waals surface area contributed by atoms with Gasteiger partial charge in [0.15, 0.2) is 0 Å². The van der Waals surface area contributed by atoms with Gasteiger partial charge in [0, 0.05) is 29.5 Å². The minimum absolute atomic E-state index is 0.377. The number of nitrogen functional groups attached to an aromatic ring is 1. The highest BCUT2D eigenvalue weighted by Crippen LogP contribution is 2.42. The zero-order valence-corrected chi connectivity index (χ0v) is 12.5. The first kappa shape index (κ1) is 14.0. The molecule has 0 radical (unpaired) electrons. The van der Waals surface area contributed by atoms with Crippen LogP contribution in [0.15, 0.2) is 12.1 Å². The smallest absolute Gasteiger partial charge is 0.260 e. The molecule has 3 rings (SSSR count). The number of methoxy groups -OCH3 is 1. The van der Waals surface area contributed by atoms with Crippen molar-refractivity contribution in [1.82, 2.24) is 0 Å². The van der Waals surface area contributed by atoms with Gasteiger partial charge in [-0.2, -0.15) is 0 Å². The van der Waals surface area contributed by atoms with Gasteiger partial charge in [0.05, 0.1) is 31.4 Å². The van der Waals surface area contributed by atoms with E-state index in [4.69, 9.17) is 20.9 Å². The largest absolute Gasteiger partial charge is 0.496 e. The number of hydrogen-bond donors (Lipinski definition) is 2. The summed E-state index contributed by atoms with van der Waals surface area (Å²) in [6.45, 7) is 3.08. The summed E-state index contributed by atoms with van der Waals surface area (Å²) in [6.07, 6.45) is 0. The van der Waals surface area contributed by atoms with Gasteiger partial charge in [-0.1, -0.05) is 0 Å². The van der Waals surface area contributed by atoms with Crippen molar-refractivity contribution in [3.63, 3.8) is 0 Å². The Hall–Kier alpha value is -1.99. The van der Waals surface area contributed by atoms with Gasteiger partial charge in [0.1, 0.15) is 10.6 Å². The van der Waals surface area contributed by atoms with Crippen LogP contribution in [0.5, 0.6) is 5.75 Å². The summed E-state index contributed by atoms with van der Waals surface area (Å²) < 4.78 is 11.7. The fourth-order valence-electron chi connectivity index (χ4n) is 2.55. The van der Waals surface area contributed by atoms with E-state index in [-0.39, 0.29) is 0 Å². The van der Waals surface area contributed by atoms with Gasteiger partial charge in [-0.15, -0.1) is 11.3 Å². The maximum Gasteiger partial charge on any atom is 0.260 e. The van der Waals surface area contributed by atoms with Crippen LogP contribution in [-0.2, 0) is 4.74 Å². The molecule has 1 saturated heterocycles. The number of carbonyl (C=O) groups is 1. The molecule has 1 fully saturated rings. The Morgan fingerprint density at radius 1 is 1.38 bits per heavy atom. The van der Waals surface area contributed by atoms with Crippen LogP contribution in [0.2, 0.25) is 0 Å². The number of nitrogens with zero attached hydrogens (tertiary/aromatic N) is 1. The quantitative estimate of drug-likeness (QED) is 0.895. The lowest BCUT2D eigenvalue weighted by Gasteiger charge is -2.29. The number of primary amides is 1. The zero-order chi connectivity index (χ0) is 15.0. The number of anilines is 2. The molecule has 0 aliphatic carbocycles. The number of rotatable bonds is 3. The van der Waals surface area contributed by atoms with Gasteiger partial charge in [0.2, 0.25) is 0 Å². The van der Waals surface area contributed by atoms with Crippen molar-refractivity contribution in [2.75, 3.05) is 44.0 Å². The third-order valence-electron chi connectivity index (χ3n) is 3.60. The van der Waals surface area contributed by atoms with Crippen LogP contribution in [0.25, 0.3) is 10.1 Å². The molecule has 1 aromatic heterocycles. The molecule has 0 saturated carbocycles. The van der Waals surface area contributed by atoms with Crippen LogP contribution in [0.4, 0.5) is 11.4 Å². The average molecular weight is 307 g/mol. The maximum atomic E-state index is 11.5. The molecule has 1 amide bonds. The van der Waals surface area contributed by atoms with Gasteiger partial charge in [-0.3, -0.25) is 4.79 Å². The lowest BCUT2D eigenvalue weighted by atomic mass is 10.1. The van der Waals surface area contributed by atoms with Gasteiger partial charge < -0.3 is 25.8 Å². The summed E-state index contributed by atoms with van der Waals surface area (Å²) in [5.41, 5.74) is 12.9. The first-order valence-electron chi connectivity index (χ1n) is 6.64. The summed E-state index contributed by atoms with van der Waals surface area (Å²) in [4.78, 5) is 14.1. The topological polar surface area (TPSA) is 90.8 Å². The number of nitrogens with two attached hydrogens (primary N) is 2. The summed E-state index contributed by atoms with van der Waals surface area (Å²) in [5.74, 6) is 0.152. The molecule has 2 heterocycles. The molecule has 21 heavy (non-hydrogen) atoms. The number of morpholine rings is 1. The highest BCUT2D eigenvalue weighted by atomic mass is 32.1. The van der Waals surface area contributed by atoms with Crippen LogP contribution in [0.3, 0.4) is 0 Å². The fraction of sp³-hybridized carbons (Fsp3) is 0.357. The van der Waals surface area contributed by atoms with Gasteiger partial charge in [-0.05, 0) is 6.07 Å². The number of carbonyl (C=O) groups excluding carboxylic acids is 1. The molecule has 1 aliphatic rings. The molecule has 4 N–H and O–H groups in total. The lowest BCUT2D eigenvalue weighted by Crippen LogP contribution is -2.36. The Bertz CT molecular complexity index is 692. The van der Waals surface area contributed by atoms with Gasteiger partial charge in [0.25, 0.3) is 5.91 Å². The summed E-state index contributed by atoms with van der Waals surface area (Å²) >= 11 is 1.30. The van der Waals surface area contributed by atoms with E-state index in [2.05, 4.69) is 4.90 Å². The van der Waals surface area contributed by atoms with Crippen molar-refractivity contribution in [3.05, 3.63) is 17.0 Å². The Kier molecular flexibility index (Phi) is 3.60. The van der Waals surface area contributed by atoms with Crippen LogP contribution in [0, 0.1) is 0 Å². The number of ether oxygens (including phenoxy) is 2. The summed E-state index contributed by atoms with van der Waals surface area (Å²) in [5, 5.41) is 0.758. The van der Waals surface area contributed by atoms with E-state index in [9.17, 15) is 4.79 Å². The molecule has 7 heteroatoms. The van der Waals surface area contributed by atoms with Crippen molar-refractivity contribution in [3.8, 4) is 5.75 Å². The second kappa shape index (κ2) is 5.42. The van der Waals surface area contributed by atoms with Gasteiger partial charge in [-0.25, -0.2) is 0 Å². The molecule has 6 nitrogen and oxygen atoms in total. The van der Waals surface area contributed by atoms with E-state index in [1.54, 1.807) is 7.11 Å². The standard InChI is InChI=1S/C14H17N3O3S/c1-19-9-6-8(17-2-4-20-5-3-17)7-10-11(9)12(15)13(21-10)14(16)18/h6-7H,2-5,15H2,1H3,(H2,16,18). The van der Waals surface area contributed by atoms with E-state index in [0.717, 1.165) is 28.9 Å². The van der Waals surface area contributed by atoms with Crippen molar-refractivity contribution >= 4 is 38.7 Å². The van der Waals surface area contributed by atoms with Crippen molar-refractivity contribution in [1.29, 1.82) is 0 Å². The highest BCUT2D eigenvalue weighted by molar-refractivity contribution is 7.21. The lowest BCUT2D eigenvalue weighted by molar-refractivity contribution is 0.100.